The zero-order valence-electron chi connectivity index (χ0n) is 6.58. The Morgan fingerprint density at radius 3 is 2.29 bits per heavy atom. The van der Waals surface area contributed by atoms with E-state index in [1.165, 1.54) is 18.2 Å². The Morgan fingerprint density at radius 2 is 1.93 bits per heavy atom. The van der Waals surface area contributed by atoms with Gasteiger partial charge in [0.1, 0.15) is 0 Å². The van der Waals surface area contributed by atoms with Crippen LogP contribution in [0.5, 0.6) is 5.75 Å². The van der Waals surface area contributed by atoms with Crippen LogP contribution in [-0.2, 0) is 2.14 Å². The van der Waals surface area contributed by atoms with Gasteiger partial charge >= 0.3 is 5.69 Å². The van der Waals surface area contributed by atoms with Crippen LogP contribution in [-0.4, -0.2) is 10.0 Å². The van der Waals surface area contributed by atoms with E-state index in [0.29, 0.717) is 5.56 Å². The van der Waals surface area contributed by atoms with Gasteiger partial charge in [0, 0.05) is 0 Å². The largest absolute Gasteiger partial charge is 0.502 e. The molecule has 7 heteroatoms. The maximum atomic E-state index is 10.7. The van der Waals surface area contributed by atoms with E-state index in [1.807, 2.05) is 0 Å². The van der Waals surface area contributed by atoms with E-state index in [0.717, 1.165) is 0 Å². The monoisotopic (exact) mass is 387 g/mol. The molecule has 0 radical (unpaired) electrons. The zero-order valence-corrected chi connectivity index (χ0v) is 11.3. The number of aromatic hydroxyl groups is 1. The van der Waals surface area contributed by atoms with Crippen LogP contribution in [0.15, 0.2) is 18.2 Å². The van der Waals surface area contributed by atoms with Gasteiger partial charge in [-0.3, -0.25) is 10.1 Å². The first-order chi connectivity index (χ1) is 6.34. The molecule has 0 aliphatic carbocycles. The lowest BCUT2D eigenvalue weighted by molar-refractivity contribution is -0.386. The molecule has 76 valence electrons. The van der Waals surface area contributed by atoms with Crippen molar-refractivity contribution in [1.29, 1.82) is 0 Å². The van der Waals surface area contributed by atoms with Crippen molar-refractivity contribution < 1.29 is 10.0 Å². The summed E-state index contributed by atoms with van der Waals surface area (Å²) in [5.74, 6) is -0.366. The molecule has 0 fully saturated rings. The van der Waals surface area contributed by atoms with Crippen molar-refractivity contribution in [2.75, 3.05) is 0 Å². The van der Waals surface area contributed by atoms with Gasteiger partial charge in [-0.2, -0.15) is 0 Å². The van der Waals surface area contributed by atoms with E-state index in [1.54, 1.807) is 0 Å². The predicted octanol–water partition coefficient (Wildman–Crippen LogP) is 3.60. The molecule has 0 spiro atoms. The minimum Gasteiger partial charge on any atom is -0.502 e. The summed E-state index contributed by atoms with van der Waals surface area (Å²) in [7, 11) is 0. The lowest BCUT2D eigenvalue weighted by Gasteiger charge is -2.12. The molecule has 4 nitrogen and oxygen atoms in total. The van der Waals surface area contributed by atoms with Crippen LogP contribution < -0.4 is 0 Å². The molecule has 14 heavy (non-hydrogen) atoms. The van der Waals surface area contributed by atoms with E-state index in [4.69, 9.17) is 0 Å². The first-order valence-corrected chi connectivity index (χ1v) is 5.75. The number of hydrogen-bond donors (Lipinski definition) is 1. The van der Waals surface area contributed by atoms with Crippen LogP contribution in [0.25, 0.3) is 0 Å². The number of phenolic OH excluding ortho intramolecular Hbond substituents is 1. The Balaban J connectivity index is 3.44. The molecule has 1 aromatic carbocycles. The standard InChI is InChI=1S/C7H4Br3NO3/c8-7(9,10)4-2-1-3-5(12)6(4)11(13)14/h1-3,12H. The number of phenols is 1. The molecule has 0 aliphatic heterocycles. The van der Waals surface area contributed by atoms with Crippen LogP contribution in [0, 0.1) is 10.1 Å². The number of nitrogens with zero attached hydrogens (tertiary/aromatic N) is 1. The highest BCUT2D eigenvalue weighted by molar-refractivity contribution is 9.38. The van der Waals surface area contributed by atoms with Crippen molar-refractivity contribution in [2.45, 2.75) is 2.14 Å². The van der Waals surface area contributed by atoms with Gasteiger partial charge in [-0.05, 0) is 12.1 Å². The number of alkyl halides is 3. The maximum absolute atomic E-state index is 10.7. The number of nitro benzene ring substituents is 1. The highest BCUT2D eigenvalue weighted by Crippen LogP contribution is 2.49. The maximum Gasteiger partial charge on any atom is 0.317 e. The minimum absolute atomic E-state index is 0.294. The Labute approximate surface area is 105 Å². The van der Waals surface area contributed by atoms with Crippen LogP contribution in [0.3, 0.4) is 0 Å². The Bertz CT molecular complexity index is 375. The zero-order chi connectivity index (χ0) is 10.9. The van der Waals surface area contributed by atoms with Crippen molar-refractivity contribution in [1.82, 2.24) is 0 Å². The van der Waals surface area contributed by atoms with Gasteiger partial charge in [-0.1, -0.05) is 53.9 Å². The van der Waals surface area contributed by atoms with E-state index in [2.05, 4.69) is 47.8 Å². The number of para-hydroxylation sites is 1. The molecule has 0 aromatic heterocycles. The lowest BCUT2D eigenvalue weighted by Crippen LogP contribution is -2.03. The highest BCUT2D eigenvalue weighted by atomic mass is 80.0. The molecule has 0 saturated carbocycles. The second-order valence-electron chi connectivity index (χ2n) is 2.43. The lowest BCUT2D eigenvalue weighted by atomic mass is 10.2. The summed E-state index contributed by atoms with van der Waals surface area (Å²) in [6.45, 7) is 0. The molecule has 0 amide bonds. The molecule has 1 aromatic rings. The van der Waals surface area contributed by atoms with Gasteiger partial charge in [0.25, 0.3) is 0 Å². The smallest absolute Gasteiger partial charge is 0.317 e. The fraction of sp³-hybridized carbons (Fsp3) is 0.143. The first kappa shape index (κ1) is 11.9. The molecule has 0 heterocycles. The van der Waals surface area contributed by atoms with Gasteiger partial charge < -0.3 is 5.11 Å². The minimum atomic E-state index is -0.909. The van der Waals surface area contributed by atoms with Crippen molar-refractivity contribution in [3.63, 3.8) is 0 Å². The SMILES string of the molecule is O=[N+]([O-])c1c(O)cccc1C(Br)(Br)Br. The Morgan fingerprint density at radius 1 is 1.36 bits per heavy atom. The van der Waals surface area contributed by atoms with Crippen molar-refractivity contribution in [3.8, 4) is 5.75 Å². The fourth-order valence-corrected chi connectivity index (χ4v) is 1.91. The quantitative estimate of drug-likeness (QED) is 0.453. The number of hydrogen-bond acceptors (Lipinski definition) is 3. The normalized spacial score (nSPS) is 11.4. The number of halogens is 3. The van der Waals surface area contributed by atoms with E-state index in [9.17, 15) is 15.2 Å². The summed E-state index contributed by atoms with van der Waals surface area (Å²) >= 11 is 9.47. The summed E-state index contributed by atoms with van der Waals surface area (Å²) in [6.07, 6.45) is 0. The van der Waals surface area contributed by atoms with E-state index >= 15 is 0 Å². The molecule has 1 rings (SSSR count). The summed E-state index contributed by atoms with van der Waals surface area (Å²) in [5.41, 5.74) is -0.0411. The molecule has 1 N–H and O–H groups in total. The molecule has 0 aliphatic rings. The summed E-state index contributed by atoms with van der Waals surface area (Å²) in [4.78, 5) is 10.0. The average Bonchev–Trinajstić information content (AvgIpc) is 2.01. The van der Waals surface area contributed by atoms with Crippen molar-refractivity contribution in [3.05, 3.63) is 33.9 Å². The number of benzene rings is 1. The molecular formula is C7H4Br3NO3. The third-order valence-corrected chi connectivity index (χ3v) is 2.78. The molecule has 0 atom stereocenters. The van der Waals surface area contributed by atoms with Gasteiger partial charge in [0.15, 0.2) is 7.89 Å². The Kier molecular flexibility index (Phi) is 3.54. The topological polar surface area (TPSA) is 63.4 Å². The van der Waals surface area contributed by atoms with Crippen LogP contribution in [0.4, 0.5) is 5.69 Å². The van der Waals surface area contributed by atoms with Gasteiger partial charge in [0.2, 0.25) is 0 Å². The second-order valence-corrected chi connectivity index (χ2v) is 9.19. The molecular weight excluding hydrogens is 386 g/mol. The Hall–Kier alpha value is -0.140. The number of rotatable bonds is 1. The van der Waals surface area contributed by atoms with Crippen molar-refractivity contribution >= 4 is 53.5 Å². The summed E-state index contributed by atoms with van der Waals surface area (Å²) in [6, 6.07) is 4.31. The summed E-state index contributed by atoms with van der Waals surface area (Å²) < 4.78 is -0.909. The molecule has 0 bridgehead atoms. The summed E-state index contributed by atoms with van der Waals surface area (Å²) in [5, 5.41) is 20.0. The number of nitro groups is 1. The first-order valence-electron chi connectivity index (χ1n) is 3.37. The molecule has 0 saturated heterocycles. The van der Waals surface area contributed by atoms with Gasteiger partial charge in [0.05, 0.1) is 10.5 Å². The van der Waals surface area contributed by atoms with Gasteiger partial charge in [-0.25, -0.2) is 0 Å². The third kappa shape index (κ3) is 2.46. The van der Waals surface area contributed by atoms with Crippen LogP contribution >= 0.6 is 47.8 Å². The van der Waals surface area contributed by atoms with E-state index < -0.39 is 7.07 Å². The fourth-order valence-electron chi connectivity index (χ4n) is 0.952. The second kappa shape index (κ2) is 4.16. The molecule has 0 unspecified atom stereocenters. The van der Waals surface area contributed by atoms with Gasteiger partial charge in [-0.15, -0.1) is 0 Å². The third-order valence-electron chi connectivity index (χ3n) is 1.50. The highest BCUT2D eigenvalue weighted by Gasteiger charge is 2.32. The van der Waals surface area contributed by atoms with E-state index in [-0.39, 0.29) is 11.4 Å². The average molecular weight is 390 g/mol. The van der Waals surface area contributed by atoms with Crippen LogP contribution in [0.1, 0.15) is 5.56 Å². The van der Waals surface area contributed by atoms with Crippen molar-refractivity contribution in [2.24, 2.45) is 0 Å². The van der Waals surface area contributed by atoms with Crippen LogP contribution in [0.2, 0.25) is 0 Å². The predicted molar refractivity (Wildman–Crippen MR) is 63.2 cm³/mol.